The second-order valence-electron chi connectivity index (χ2n) is 4.58. The van der Waals surface area contributed by atoms with Crippen molar-refractivity contribution in [2.45, 2.75) is 20.4 Å². The average molecular weight is 362 g/mol. The fourth-order valence-electron chi connectivity index (χ4n) is 2.33. The van der Waals surface area contributed by atoms with E-state index in [0.717, 1.165) is 23.4 Å². The van der Waals surface area contributed by atoms with Crippen LogP contribution < -0.4 is 0 Å². The molecule has 2 heterocycles. The van der Waals surface area contributed by atoms with Gasteiger partial charge in [-0.25, -0.2) is 4.68 Å². The fraction of sp³-hybridized carbons (Fsp3) is 0.231. The van der Waals surface area contributed by atoms with E-state index in [4.69, 9.17) is 47.0 Å². The SMILES string of the molecule is CCn1nc(C)c2[nH]c(=S)n(-c3cc(Cl)c(Cl)cc3Cl)c21. The van der Waals surface area contributed by atoms with E-state index in [1.807, 2.05) is 23.1 Å². The first-order valence-electron chi connectivity index (χ1n) is 6.27. The van der Waals surface area contributed by atoms with Gasteiger partial charge in [-0.3, -0.25) is 4.57 Å². The van der Waals surface area contributed by atoms with E-state index in [-0.39, 0.29) is 0 Å². The number of benzene rings is 1. The van der Waals surface area contributed by atoms with E-state index in [9.17, 15) is 0 Å². The molecule has 1 aromatic carbocycles. The second kappa shape index (κ2) is 5.32. The number of hydrogen-bond acceptors (Lipinski definition) is 2. The molecule has 0 saturated heterocycles. The molecular formula is C13H11Cl3N4S. The van der Waals surface area contributed by atoms with E-state index in [2.05, 4.69) is 10.1 Å². The van der Waals surface area contributed by atoms with Crippen LogP contribution in [0.3, 0.4) is 0 Å². The highest BCUT2D eigenvalue weighted by Gasteiger charge is 2.17. The van der Waals surface area contributed by atoms with Gasteiger partial charge in [-0.1, -0.05) is 34.8 Å². The molecule has 1 N–H and O–H groups in total. The summed E-state index contributed by atoms with van der Waals surface area (Å²) in [5, 5.41) is 5.79. The van der Waals surface area contributed by atoms with Gasteiger partial charge in [-0.15, -0.1) is 0 Å². The van der Waals surface area contributed by atoms with Crippen molar-refractivity contribution in [3.8, 4) is 5.69 Å². The molecule has 0 radical (unpaired) electrons. The van der Waals surface area contributed by atoms with Crippen LogP contribution in [0.2, 0.25) is 15.1 Å². The molecule has 3 rings (SSSR count). The summed E-state index contributed by atoms with van der Waals surface area (Å²) in [5.41, 5.74) is 3.31. The maximum atomic E-state index is 6.31. The normalized spacial score (nSPS) is 11.5. The topological polar surface area (TPSA) is 38.5 Å². The van der Waals surface area contributed by atoms with Crippen LogP contribution in [-0.4, -0.2) is 19.3 Å². The number of aromatic amines is 1. The van der Waals surface area contributed by atoms with Crippen molar-refractivity contribution in [1.29, 1.82) is 0 Å². The summed E-state index contributed by atoms with van der Waals surface area (Å²) < 4.78 is 4.24. The number of fused-ring (bicyclic) bond motifs is 1. The monoisotopic (exact) mass is 360 g/mol. The third-order valence-electron chi connectivity index (χ3n) is 3.28. The number of aryl methyl sites for hydroxylation is 2. The summed E-state index contributed by atoms with van der Waals surface area (Å²) in [6.07, 6.45) is 0. The Kier molecular flexibility index (Phi) is 3.78. The summed E-state index contributed by atoms with van der Waals surface area (Å²) in [5.74, 6) is 0. The van der Waals surface area contributed by atoms with Crippen molar-refractivity contribution in [3.05, 3.63) is 37.7 Å². The minimum Gasteiger partial charge on any atom is -0.327 e. The number of nitrogens with zero attached hydrogens (tertiary/aromatic N) is 3. The molecule has 8 heteroatoms. The molecule has 0 saturated carbocycles. The van der Waals surface area contributed by atoms with Crippen molar-refractivity contribution in [3.63, 3.8) is 0 Å². The maximum absolute atomic E-state index is 6.31. The summed E-state index contributed by atoms with van der Waals surface area (Å²) >= 11 is 23.8. The number of hydrogen-bond donors (Lipinski definition) is 1. The molecule has 4 nitrogen and oxygen atoms in total. The smallest absolute Gasteiger partial charge is 0.184 e. The predicted molar refractivity (Wildman–Crippen MR) is 89.7 cm³/mol. The van der Waals surface area contributed by atoms with E-state index >= 15 is 0 Å². The van der Waals surface area contributed by atoms with Crippen LogP contribution in [-0.2, 0) is 6.54 Å². The molecule has 0 spiro atoms. The minimum atomic E-state index is 0.406. The molecule has 3 aromatic rings. The lowest BCUT2D eigenvalue weighted by Gasteiger charge is -2.09. The van der Waals surface area contributed by atoms with Crippen LogP contribution in [0.15, 0.2) is 12.1 Å². The first-order valence-corrected chi connectivity index (χ1v) is 7.81. The van der Waals surface area contributed by atoms with E-state index in [1.165, 1.54) is 0 Å². The minimum absolute atomic E-state index is 0.406. The van der Waals surface area contributed by atoms with Gasteiger partial charge in [0.2, 0.25) is 0 Å². The Balaban J connectivity index is 2.43. The molecule has 0 bridgehead atoms. The molecule has 0 unspecified atom stereocenters. The Labute approximate surface area is 141 Å². The Morgan fingerprint density at radius 3 is 2.52 bits per heavy atom. The maximum Gasteiger partial charge on any atom is 0.184 e. The van der Waals surface area contributed by atoms with Crippen molar-refractivity contribution < 1.29 is 0 Å². The predicted octanol–water partition coefficient (Wildman–Crippen LogP) is 5.17. The number of imidazole rings is 1. The van der Waals surface area contributed by atoms with Gasteiger partial charge in [0.15, 0.2) is 10.4 Å². The molecular weight excluding hydrogens is 351 g/mol. The van der Waals surface area contributed by atoms with Crippen LogP contribution in [0.5, 0.6) is 0 Å². The number of H-pyrrole nitrogens is 1. The molecule has 0 fully saturated rings. The third-order valence-corrected chi connectivity index (χ3v) is 4.59. The Bertz CT molecular complexity index is 906. The molecule has 0 aliphatic rings. The molecule has 0 aliphatic heterocycles. The standard InChI is InChI=1S/C13H11Cl3N4S/c1-3-19-12-11(6(2)18-19)17-13(21)20(12)10-5-8(15)7(14)4-9(10)16/h4-5H,3H2,1-2H3,(H,17,21). The van der Waals surface area contributed by atoms with Gasteiger partial charge in [0.1, 0.15) is 5.52 Å². The molecule has 0 amide bonds. The van der Waals surface area contributed by atoms with Crippen LogP contribution in [0.4, 0.5) is 0 Å². The Morgan fingerprint density at radius 1 is 1.19 bits per heavy atom. The van der Waals surface area contributed by atoms with Gasteiger partial charge in [-0.2, -0.15) is 5.10 Å². The first-order chi connectivity index (χ1) is 9.93. The van der Waals surface area contributed by atoms with E-state index in [0.29, 0.717) is 25.5 Å². The van der Waals surface area contributed by atoms with Gasteiger partial charge >= 0.3 is 0 Å². The fourth-order valence-corrected chi connectivity index (χ4v) is 3.24. The van der Waals surface area contributed by atoms with Crippen LogP contribution >= 0.6 is 47.0 Å². The lowest BCUT2D eigenvalue weighted by molar-refractivity contribution is 0.662. The van der Waals surface area contributed by atoms with Crippen LogP contribution in [0.25, 0.3) is 16.9 Å². The zero-order valence-corrected chi connectivity index (χ0v) is 14.3. The highest BCUT2D eigenvalue weighted by Crippen LogP contribution is 2.33. The van der Waals surface area contributed by atoms with Crippen molar-refractivity contribution >= 4 is 58.2 Å². The van der Waals surface area contributed by atoms with Gasteiger partial charge in [0.05, 0.1) is 26.4 Å². The molecule has 110 valence electrons. The largest absolute Gasteiger partial charge is 0.327 e. The van der Waals surface area contributed by atoms with Gasteiger partial charge in [0.25, 0.3) is 0 Å². The Hall–Kier alpha value is -1.01. The molecule has 0 atom stereocenters. The first kappa shape index (κ1) is 14.9. The second-order valence-corrected chi connectivity index (χ2v) is 6.19. The lowest BCUT2D eigenvalue weighted by Crippen LogP contribution is -2.04. The molecule has 0 aliphatic carbocycles. The number of rotatable bonds is 2. The zero-order valence-electron chi connectivity index (χ0n) is 11.2. The summed E-state index contributed by atoms with van der Waals surface area (Å²) in [4.78, 5) is 3.17. The van der Waals surface area contributed by atoms with Gasteiger partial charge in [0, 0.05) is 6.54 Å². The van der Waals surface area contributed by atoms with E-state index < -0.39 is 0 Å². The van der Waals surface area contributed by atoms with Crippen LogP contribution in [0.1, 0.15) is 12.6 Å². The average Bonchev–Trinajstić information content (AvgIpc) is 2.91. The van der Waals surface area contributed by atoms with E-state index in [1.54, 1.807) is 12.1 Å². The third kappa shape index (κ3) is 2.28. The quantitative estimate of drug-likeness (QED) is 0.505. The van der Waals surface area contributed by atoms with Crippen molar-refractivity contribution in [2.24, 2.45) is 0 Å². The highest BCUT2D eigenvalue weighted by molar-refractivity contribution is 7.71. The molecule has 2 aromatic heterocycles. The number of aromatic nitrogens is 4. The van der Waals surface area contributed by atoms with Crippen molar-refractivity contribution in [2.75, 3.05) is 0 Å². The number of halogens is 3. The lowest BCUT2D eigenvalue weighted by atomic mass is 10.3. The number of nitrogens with one attached hydrogen (secondary N) is 1. The summed E-state index contributed by atoms with van der Waals surface area (Å²) in [6, 6.07) is 3.32. The van der Waals surface area contributed by atoms with Gasteiger partial charge in [-0.05, 0) is 38.2 Å². The summed E-state index contributed by atoms with van der Waals surface area (Å²) in [7, 11) is 0. The zero-order chi connectivity index (χ0) is 15.3. The highest BCUT2D eigenvalue weighted by atomic mass is 35.5. The van der Waals surface area contributed by atoms with Gasteiger partial charge < -0.3 is 4.98 Å². The van der Waals surface area contributed by atoms with Crippen LogP contribution in [0, 0.1) is 11.7 Å². The Morgan fingerprint density at radius 2 is 1.86 bits per heavy atom. The summed E-state index contributed by atoms with van der Waals surface area (Å²) in [6.45, 7) is 4.67. The molecule has 21 heavy (non-hydrogen) atoms. The van der Waals surface area contributed by atoms with Crippen molar-refractivity contribution in [1.82, 2.24) is 19.3 Å².